The maximum absolute atomic E-state index is 11.4. The quantitative estimate of drug-likeness (QED) is 0.618. The molecule has 0 saturated carbocycles. The normalized spacial score (nSPS) is 15.2. The highest BCUT2D eigenvalue weighted by atomic mass is 35.5. The van der Waals surface area contributed by atoms with Gasteiger partial charge in [0.05, 0.1) is 30.4 Å². The molecule has 9 heteroatoms. The van der Waals surface area contributed by atoms with Crippen LogP contribution in [-0.2, 0) is 6.54 Å². The van der Waals surface area contributed by atoms with Crippen molar-refractivity contribution in [3.8, 4) is 0 Å². The summed E-state index contributed by atoms with van der Waals surface area (Å²) in [6.45, 7) is 1.63. The fraction of sp³-hybridized carbons (Fsp3) is 0.231. The van der Waals surface area contributed by atoms with Crippen molar-refractivity contribution in [3.05, 3.63) is 55.5 Å². The highest BCUT2D eigenvalue weighted by Gasteiger charge is 2.29. The van der Waals surface area contributed by atoms with E-state index in [1.165, 1.54) is 23.7 Å². The monoisotopic (exact) mass is 338 g/mol. The van der Waals surface area contributed by atoms with Gasteiger partial charge in [-0.25, -0.2) is 4.98 Å². The van der Waals surface area contributed by atoms with Crippen LogP contribution < -0.4 is 0 Å². The second kappa shape index (κ2) is 6.29. The predicted octanol–water partition coefficient (Wildman–Crippen LogP) is 2.92. The maximum atomic E-state index is 11.4. The van der Waals surface area contributed by atoms with Gasteiger partial charge in [-0.05, 0) is 12.1 Å². The summed E-state index contributed by atoms with van der Waals surface area (Å²) in [7, 11) is 0. The van der Waals surface area contributed by atoms with Gasteiger partial charge >= 0.3 is 5.70 Å². The van der Waals surface area contributed by atoms with E-state index >= 15 is 0 Å². The van der Waals surface area contributed by atoms with Crippen LogP contribution in [0.1, 0.15) is 10.6 Å². The molecule has 2 aromatic rings. The van der Waals surface area contributed by atoms with Crippen molar-refractivity contribution in [2.24, 2.45) is 4.99 Å². The van der Waals surface area contributed by atoms with Gasteiger partial charge in [-0.3, -0.25) is 15.1 Å². The Labute approximate surface area is 134 Å². The van der Waals surface area contributed by atoms with E-state index in [4.69, 9.17) is 16.0 Å². The molecule has 0 saturated heterocycles. The van der Waals surface area contributed by atoms with Crippen LogP contribution in [0.3, 0.4) is 0 Å². The van der Waals surface area contributed by atoms with E-state index < -0.39 is 4.92 Å². The molecule has 0 unspecified atom stereocenters. The standard InChI is InChI=1S/C13H11ClN4O3S/c14-13-16-7-10(22-13)8-17-4-3-15-12(17)11(18(19)20)6-9-2-1-5-21-9/h1-2,5-7H,3-4,8H2/b11-6-. The highest BCUT2D eigenvalue weighted by molar-refractivity contribution is 7.15. The number of aliphatic imine (C=N–C) groups is 1. The lowest BCUT2D eigenvalue weighted by atomic mass is 10.3. The molecule has 0 atom stereocenters. The van der Waals surface area contributed by atoms with E-state index in [1.807, 2.05) is 4.90 Å². The molecule has 0 N–H and O–H groups in total. The number of amidine groups is 1. The van der Waals surface area contributed by atoms with Crippen LogP contribution in [0.4, 0.5) is 0 Å². The molecule has 7 nitrogen and oxygen atoms in total. The number of nitro groups is 1. The number of rotatable bonds is 5. The third-order valence-corrected chi connectivity index (χ3v) is 4.15. The van der Waals surface area contributed by atoms with Crippen molar-refractivity contribution in [1.29, 1.82) is 0 Å². The summed E-state index contributed by atoms with van der Waals surface area (Å²) in [5.74, 6) is 0.771. The molecule has 0 radical (unpaired) electrons. The van der Waals surface area contributed by atoms with Crippen LogP contribution in [0, 0.1) is 10.1 Å². The largest absolute Gasteiger partial charge is 0.465 e. The van der Waals surface area contributed by atoms with Gasteiger partial charge in [0.2, 0.25) is 5.84 Å². The molecule has 3 rings (SSSR count). The second-order valence-electron chi connectivity index (χ2n) is 4.51. The fourth-order valence-corrected chi connectivity index (χ4v) is 3.12. The van der Waals surface area contributed by atoms with Crippen LogP contribution in [-0.4, -0.2) is 33.7 Å². The first kappa shape index (κ1) is 14.7. The number of furan rings is 1. The van der Waals surface area contributed by atoms with Crippen LogP contribution in [0.15, 0.2) is 39.7 Å². The van der Waals surface area contributed by atoms with E-state index in [9.17, 15) is 10.1 Å². The van der Waals surface area contributed by atoms with Gasteiger partial charge < -0.3 is 9.32 Å². The van der Waals surface area contributed by atoms with Gasteiger partial charge in [0.25, 0.3) is 0 Å². The van der Waals surface area contributed by atoms with Gasteiger partial charge in [-0.15, -0.1) is 11.3 Å². The third-order valence-electron chi connectivity index (χ3n) is 3.05. The summed E-state index contributed by atoms with van der Waals surface area (Å²) in [4.78, 5) is 21.9. The fourth-order valence-electron chi connectivity index (χ4n) is 2.13. The summed E-state index contributed by atoms with van der Waals surface area (Å²) in [6, 6.07) is 3.34. The number of thiazole rings is 1. The molecule has 22 heavy (non-hydrogen) atoms. The molecule has 2 aromatic heterocycles. The van der Waals surface area contributed by atoms with Gasteiger partial charge in [-0.2, -0.15) is 0 Å². The van der Waals surface area contributed by atoms with Crippen molar-refractivity contribution in [1.82, 2.24) is 9.88 Å². The number of aromatic nitrogens is 1. The lowest BCUT2D eigenvalue weighted by Crippen LogP contribution is -2.30. The van der Waals surface area contributed by atoms with Crippen molar-refractivity contribution in [2.75, 3.05) is 13.1 Å². The van der Waals surface area contributed by atoms with E-state index in [0.717, 1.165) is 4.88 Å². The van der Waals surface area contributed by atoms with E-state index in [2.05, 4.69) is 9.98 Å². The van der Waals surface area contributed by atoms with Crippen molar-refractivity contribution >= 4 is 34.8 Å². The van der Waals surface area contributed by atoms with Gasteiger partial charge in [0.15, 0.2) is 4.47 Å². The Hall–Kier alpha value is -2.19. The van der Waals surface area contributed by atoms with Gasteiger partial charge in [0, 0.05) is 17.6 Å². The Morgan fingerprint density at radius 1 is 1.64 bits per heavy atom. The van der Waals surface area contributed by atoms with E-state index in [1.54, 1.807) is 18.3 Å². The molecular weight excluding hydrogens is 328 g/mol. The number of halogens is 1. The van der Waals surface area contributed by atoms with Crippen molar-refractivity contribution in [3.63, 3.8) is 0 Å². The van der Waals surface area contributed by atoms with Crippen molar-refractivity contribution in [2.45, 2.75) is 6.54 Å². The summed E-state index contributed by atoms with van der Waals surface area (Å²) in [5, 5.41) is 11.4. The molecule has 3 heterocycles. The zero-order valence-corrected chi connectivity index (χ0v) is 12.9. The van der Waals surface area contributed by atoms with E-state index in [-0.39, 0.29) is 5.70 Å². The smallest absolute Gasteiger partial charge is 0.314 e. The average molecular weight is 339 g/mol. The molecule has 1 aliphatic rings. The molecule has 0 fully saturated rings. The predicted molar refractivity (Wildman–Crippen MR) is 83.5 cm³/mol. The number of hydrogen-bond donors (Lipinski definition) is 0. The Morgan fingerprint density at radius 2 is 2.50 bits per heavy atom. The molecule has 0 bridgehead atoms. The number of hydrogen-bond acceptors (Lipinski definition) is 7. The minimum atomic E-state index is -0.445. The van der Waals surface area contributed by atoms with Crippen LogP contribution in [0.5, 0.6) is 0 Å². The topological polar surface area (TPSA) is 84.8 Å². The average Bonchev–Trinajstić information content (AvgIpc) is 3.19. The summed E-state index contributed by atoms with van der Waals surface area (Å²) >= 11 is 7.17. The zero-order chi connectivity index (χ0) is 15.5. The molecule has 0 amide bonds. The lowest BCUT2D eigenvalue weighted by molar-refractivity contribution is -0.414. The minimum Gasteiger partial charge on any atom is -0.465 e. The first-order chi connectivity index (χ1) is 10.6. The second-order valence-corrected chi connectivity index (χ2v) is 6.21. The molecule has 1 aliphatic heterocycles. The zero-order valence-electron chi connectivity index (χ0n) is 11.3. The minimum absolute atomic E-state index is 0.0805. The lowest BCUT2D eigenvalue weighted by Gasteiger charge is -2.17. The molecule has 0 aliphatic carbocycles. The van der Waals surface area contributed by atoms with Crippen LogP contribution >= 0.6 is 22.9 Å². The molecule has 0 aromatic carbocycles. The third kappa shape index (κ3) is 3.18. The van der Waals surface area contributed by atoms with Gasteiger partial charge in [0.1, 0.15) is 5.76 Å². The Morgan fingerprint density at radius 3 is 3.14 bits per heavy atom. The summed E-state index contributed by atoms with van der Waals surface area (Å²) in [5.41, 5.74) is -0.0805. The summed E-state index contributed by atoms with van der Waals surface area (Å²) in [6.07, 6.45) is 4.53. The molecule has 114 valence electrons. The van der Waals surface area contributed by atoms with Gasteiger partial charge in [-0.1, -0.05) is 11.6 Å². The molecule has 0 spiro atoms. The molecular formula is C13H11ClN4O3S. The van der Waals surface area contributed by atoms with Crippen molar-refractivity contribution < 1.29 is 9.34 Å². The Balaban J connectivity index is 1.85. The van der Waals surface area contributed by atoms with E-state index in [0.29, 0.717) is 35.7 Å². The maximum Gasteiger partial charge on any atom is 0.314 e. The Kier molecular flexibility index (Phi) is 4.21. The Bertz CT molecular complexity index is 738. The first-order valence-electron chi connectivity index (χ1n) is 6.43. The van der Waals surface area contributed by atoms with Crippen LogP contribution in [0.25, 0.3) is 6.08 Å². The highest BCUT2D eigenvalue weighted by Crippen LogP contribution is 2.22. The van der Waals surface area contributed by atoms with Crippen LogP contribution in [0.2, 0.25) is 4.47 Å². The first-order valence-corrected chi connectivity index (χ1v) is 7.62. The number of nitrogens with zero attached hydrogens (tertiary/aromatic N) is 4. The SMILES string of the molecule is O=[N+]([O-])/C(=C\c1ccco1)C1=NCCN1Cc1cnc(Cl)s1. The summed E-state index contributed by atoms with van der Waals surface area (Å²) < 4.78 is 5.60.